The van der Waals surface area contributed by atoms with E-state index in [1.165, 1.54) is 0 Å². The minimum Gasteiger partial charge on any atom is -0.352 e. The van der Waals surface area contributed by atoms with Crippen LogP contribution in [0.4, 0.5) is 0 Å². The van der Waals surface area contributed by atoms with Crippen molar-refractivity contribution in [3.8, 4) is 0 Å². The van der Waals surface area contributed by atoms with Gasteiger partial charge in [-0.1, -0.05) is 53.6 Å². The minimum atomic E-state index is -3.46. The number of halogens is 1. The molecule has 25 heavy (non-hydrogen) atoms. The number of amides is 1. The predicted octanol–water partition coefficient (Wildman–Crippen LogP) is 2.95. The SMILES string of the molecule is Cc1cccc(CNC(=O)C[C@@H](NS(C)(=O)=O)c2ccc(Cl)cc2)c1. The second kappa shape index (κ2) is 8.47. The van der Waals surface area contributed by atoms with Gasteiger partial charge in [-0.25, -0.2) is 13.1 Å². The Hall–Kier alpha value is -1.89. The van der Waals surface area contributed by atoms with Gasteiger partial charge in [-0.05, 0) is 30.2 Å². The van der Waals surface area contributed by atoms with Crippen LogP contribution in [0.1, 0.15) is 29.2 Å². The monoisotopic (exact) mass is 380 g/mol. The third kappa shape index (κ3) is 6.86. The molecule has 0 aromatic heterocycles. The zero-order chi connectivity index (χ0) is 18.4. The van der Waals surface area contributed by atoms with Crippen molar-refractivity contribution in [3.05, 3.63) is 70.2 Å². The molecule has 0 spiro atoms. The summed E-state index contributed by atoms with van der Waals surface area (Å²) in [4.78, 5) is 12.3. The summed E-state index contributed by atoms with van der Waals surface area (Å²) in [6.45, 7) is 2.38. The summed E-state index contributed by atoms with van der Waals surface area (Å²) >= 11 is 5.87. The summed E-state index contributed by atoms with van der Waals surface area (Å²) in [5, 5.41) is 3.37. The fraction of sp³-hybridized carbons (Fsp3) is 0.278. The first-order chi connectivity index (χ1) is 11.7. The molecule has 0 fully saturated rings. The zero-order valence-corrected chi connectivity index (χ0v) is 15.7. The Kier molecular flexibility index (Phi) is 6.58. The summed E-state index contributed by atoms with van der Waals surface area (Å²) in [6.07, 6.45) is 1.07. The number of hydrogen-bond donors (Lipinski definition) is 2. The molecule has 0 radical (unpaired) electrons. The van der Waals surface area contributed by atoms with E-state index in [1.54, 1.807) is 24.3 Å². The number of rotatable bonds is 7. The first-order valence-corrected chi connectivity index (χ1v) is 10.0. The predicted molar refractivity (Wildman–Crippen MR) is 99.8 cm³/mol. The van der Waals surface area contributed by atoms with Gasteiger partial charge >= 0.3 is 0 Å². The largest absolute Gasteiger partial charge is 0.352 e. The lowest BCUT2D eigenvalue weighted by molar-refractivity contribution is -0.121. The van der Waals surface area contributed by atoms with Crippen molar-refractivity contribution in [3.63, 3.8) is 0 Å². The van der Waals surface area contributed by atoms with E-state index in [-0.39, 0.29) is 12.3 Å². The molecule has 0 unspecified atom stereocenters. The van der Waals surface area contributed by atoms with Gasteiger partial charge in [0.15, 0.2) is 0 Å². The first kappa shape index (κ1) is 19.4. The quantitative estimate of drug-likeness (QED) is 0.775. The van der Waals surface area contributed by atoms with Crippen LogP contribution >= 0.6 is 11.6 Å². The van der Waals surface area contributed by atoms with E-state index in [4.69, 9.17) is 11.6 Å². The fourth-order valence-electron chi connectivity index (χ4n) is 2.46. The number of benzene rings is 2. The van der Waals surface area contributed by atoms with Crippen LogP contribution < -0.4 is 10.0 Å². The molecule has 2 N–H and O–H groups in total. The summed E-state index contributed by atoms with van der Waals surface area (Å²) in [6, 6.07) is 13.9. The highest BCUT2D eigenvalue weighted by Crippen LogP contribution is 2.20. The number of nitrogens with one attached hydrogen (secondary N) is 2. The molecule has 0 aliphatic carbocycles. The van der Waals surface area contributed by atoms with Crippen LogP contribution in [0, 0.1) is 6.92 Å². The molecule has 2 aromatic rings. The van der Waals surface area contributed by atoms with Gasteiger partial charge in [0.1, 0.15) is 0 Å². The highest BCUT2D eigenvalue weighted by atomic mass is 35.5. The average Bonchev–Trinajstić information content (AvgIpc) is 2.52. The molecule has 1 amide bonds. The van der Waals surface area contributed by atoms with Crippen LogP contribution in [-0.2, 0) is 21.4 Å². The molecule has 0 saturated carbocycles. The number of sulfonamides is 1. The average molecular weight is 381 g/mol. The molecule has 0 aliphatic heterocycles. The topological polar surface area (TPSA) is 75.3 Å². The van der Waals surface area contributed by atoms with Gasteiger partial charge in [0, 0.05) is 18.0 Å². The molecule has 0 aliphatic rings. The highest BCUT2D eigenvalue weighted by molar-refractivity contribution is 7.88. The third-order valence-electron chi connectivity index (χ3n) is 3.59. The lowest BCUT2D eigenvalue weighted by Crippen LogP contribution is -2.33. The maximum atomic E-state index is 12.3. The van der Waals surface area contributed by atoms with Gasteiger partial charge in [-0.3, -0.25) is 4.79 Å². The van der Waals surface area contributed by atoms with Crippen LogP contribution in [0.3, 0.4) is 0 Å². The standard InChI is InChI=1S/C18H21ClN2O3S/c1-13-4-3-5-14(10-13)12-20-18(22)11-17(21-25(2,23)24)15-6-8-16(19)9-7-15/h3-10,17,21H,11-12H2,1-2H3,(H,20,22)/t17-/m1/s1. The molecule has 7 heteroatoms. The molecular formula is C18H21ClN2O3S. The first-order valence-electron chi connectivity index (χ1n) is 7.78. The summed E-state index contributed by atoms with van der Waals surface area (Å²) in [5.74, 6) is -0.238. The lowest BCUT2D eigenvalue weighted by Gasteiger charge is -2.18. The maximum absolute atomic E-state index is 12.3. The lowest BCUT2D eigenvalue weighted by atomic mass is 10.0. The van der Waals surface area contributed by atoms with Gasteiger partial charge in [0.2, 0.25) is 15.9 Å². The Morgan fingerprint density at radius 2 is 1.84 bits per heavy atom. The second-order valence-electron chi connectivity index (χ2n) is 5.96. The van der Waals surface area contributed by atoms with Gasteiger partial charge in [-0.15, -0.1) is 0 Å². The minimum absolute atomic E-state index is 0.000514. The molecule has 134 valence electrons. The van der Waals surface area contributed by atoms with Crippen LogP contribution in [0.25, 0.3) is 0 Å². The van der Waals surface area contributed by atoms with E-state index in [0.29, 0.717) is 17.1 Å². The molecule has 2 aromatic carbocycles. The van der Waals surface area contributed by atoms with E-state index in [1.807, 2.05) is 31.2 Å². The van der Waals surface area contributed by atoms with Gasteiger partial charge in [-0.2, -0.15) is 0 Å². The Morgan fingerprint density at radius 3 is 2.44 bits per heavy atom. The van der Waals surface area contributed by atoms with Gasteiger partial charge in [0.25, 0.3) is 0 Å². The smallest absolute Gasteiger partial charge is 0.222 e. The molecule has 2 rings (SSSR count). The van der Waals surface area contributed by atoms with E-state index in [2.05, 4.69) is 10.0 Å². The normalized spacial score (nSPS) is 12.6. The number of hydrogen-bond acceptors (Lipinski definition) is 3. The van der Waals surface area contributed by atoms with Crippen molar-refractivity contribution in [1.82, 2.24) is 10.0 Å². The fourth-order valence-corrected chi connectivity index (χ4v) is 3.32. The Bertz CT molecular complexity index is 836. The van der Waals surface area contributed by atoms with Crippen molar-refractivity contribution >= 4 is 27.5 Å². The summed E-state index contributed by atoms with van der Waals surface area (Å²) in [7, 11) is -3.46. The van der Waals surface area contributed by atoms with Crippen molar-refractivity contribution < 1.29 is 13.2 Å². The molecule has 0 saturated heterocycles. The number of carbonyl (C=O) groups is 1. The Morgan fingerprint density at radius 1 is 1.16 bits per heavy atom. The van der Waals surface area contributed by atoms with E-state index < -0.39 is 16.1 Å². The van der Waals surface area contributed by atoms with Crippen molar-refractivity contribution in [2.45, 2.75) is 25.9 Å². The van der Waals surface area contributed by atoms with Crippen LogP contribution in [0.2, 0.25) is 5.02 Å². The Balaban J connectivity index is 2.05. The van der Waals surface area contributed by atoms with E-state index >= 15 is 0 Å². The Labute approximate surface area is 153 Å². The maximum Gasteiger partial charge on any atom is 0.222 e. The molecule has 5 nitrogen and oxygen atoms in total. The van der Waals surface area contributed by atoms with Crippen molar-refractivity contribution in [2.75, 3.05) is 6.26 Å². The van der Waals surface area contributed by atoms with Crippen LogP contribution in [0.5, 0.6) is 0 Å². The van der Waals surface area contributed by atoms with E-state index in [9.17, 15) is 13.2 Å². The molecule has 1 atom stereocenters. The van der Waals surface area contributed by atoms with Crippen LogP contribution in [0.15, 0.2) is 48.5 Å². The highest BCUT2D eigenvalue weighted by Gasteiger charge is 2.19. The molecular weight excluding hydrogens is 360 g/mol. The van der Waals surface area contributed by atoms with Gasteiger partial charge in [0.05, 0.1) is 12.3 Å². The van der Waals surface area contributed by atoms with Crippen LogP contribution in [-0.4, -0.2) is 20.6 Å². The third-order valence-corrected chi connectivity index (χ3v) is 4.56. The number of carbonyl (C=O) groups excluding carboxylic acids is 1. The number of aryl methyl sites for hydroxylation is 1. The second-order valence-corrected chi connectivity index (χ2v) is 8.18. The zero-order valence-electron chi connectivity index (χ0n) is 14.1. The van der Waals surface area contributed by atoms with Crippen molar-refractivity contribution in [1.29, 1.82) is 0 Å². The van der Waals surface area contributed by atoms with Crippen molar-refractivity contribution in [2.24, 2.45) is 0 Å². The summed E-state index contributed by atoms with van der Waals surface area (Å²) in [5.41, 5.74) is 2.79. The van der Waals surface area contributed by atoms with Gasteiger partial charge < -0.3 is 5.32 Å². The van der Waals surface area contributed by atoms with E-state index in [0.717, 1.165) is 17.4 Å². The molecule has 0 bridgehead atoms. The molecule has 0 heterocycles. The summed E-state index contributed by atoms with van der Waals surface area (Å²) < 4.78 is 25.7.